The quantitative estimate of drug-likeness (QED) is 0.377. The number of hydrogen-bond donors (Lipinski definition) is 3. The first kappa shape index (κ1) is 20.6. The summed E-state index contributed by atoms with van der Waals surface area (Å²) in [5, 5.41) is 28.7. The Morgan fingerprint density at radius 3 is 2.39 bits per heavy atom. The molecule has 0 saturated carbocycles. The lowest BCUT2D eigenvalue weighted by Gasteiger charge is -2.36. The second-order valence-corrected chi connectivity index (χ2v) is 6.29. The van der Waals surface area contributed by atoms with Crippen molar-refractivity contribution in [1.82, 2.24) is 0 Å². The van der Waals surface area contributed by atoms with Crippen molar-refractivity contribution in [2.24, 2.45) is 0 Å². The Morgan fingerprint density at radius 1 is 1.00 bits per heavy atom. The molecule has 1 aliphatic heterocycles. The molecule has 3 N–H and O–H groups in total. The van der Waals surface area contributed by atoms with Crippen LogP contribution in [0.3, 0.4) is 0 Å². The number of unbranched alkanes of at least 4 members (excludes halogenated alkanes) is 7. The number of aliphatic hydroxyl groups is 3. The van der Waals surface area contributed by atoms with Gasteiger partial charge in [0.15, 0.2) is 0 Å². The van der Waals surface area contributed by atoms with Crippen LogP contribution in [0.1, 0.15) is 58.3 Å². The minimum absolute atomic E-state index is 0.190. The Hall–Kier alpha value is -0.460. The first-order chi connectivity index (χ1) is 11.2. The van der Waals surface area contributed by atoms with Crippen LogP contribution >= 0.6 is 0 Å². The summed E-state index contributed by atoms with van der Waals surface area (Å²) in [4.78, 5) is 0. The lowest BCUT2D eigenvalue weighted by atomic mass is 10.0. The molecular weight excluding hydrogens is 296 g/mol. The molecule has 1 aliphatic rings. The molecule has 1 rings (SSSR count). The molecule has 0 spiro atoms. The van der Waals surface area contributed by atoms with E-state index in [1.165, 1.54) is 44.9 Å². The minimum Gasteiger partial charge on any atom is -0.394 e. The molecule has 0 aliphatic carbocycles. The molecule has 0 bridgehead atoms. The summed E-state index contributed by atoms with van der Waals surface area (Å²) in [5.74, 6) is 0. The molecule has 0 aromatic rings. The molecule has 0 amide bonds. The average Bonchev–Trinajstić information content (AvgIpc) is 2.56. The van der Waals surface area contributed by atoms with Gasteiger partial charge >= 0.3 is 0 Å². The Labute approximate surface area is 140 Å². The largest absolute Gasteiger partial charge is 0.394 e. The molecule has 1 saturated heterocycles. The van der Waals surface area contributed by atoms with Gasteiger partial charge < -0.3 is 24.8 Å². The van der Waals surface area contributed by atoms with E-state index in [1.807, 2.05) is 6.08 Å². The highest BCUT2D eigenvalue weighted by atomic mass is 16.6. The molecule has 136 valence electrons. The van der Waals surface area contributed by atoms with E-state index in [-0.39, 0.29) is 13.2 Å². The van der Waals surface area contributed by atoms with Crippen LogP contribution in [0.25, 0.3) is 0 Å². The second-order valence-electron chi connectivity index (χ2n) is 6.29. The van der Waals surface area contributed by atoms with Crippen molar-refractivity contribution in [2.75, 3.05) is 19.8 Å². The highest BCUT2D eigenvalue weighted by Gasteiger charge is 2.38. The molecule has 5 heteroatoms. The van der Waals surface area contributed by atoms with Gasteiger partial charge in [-0.3, -0.25) is 0 Å². The fraction of sp³-hybridized carbons (Fsp3) is 0.889. The maximum Gasteiger partial charge on any atom is 0.111 e. The number of ether oxygens (including phenoxy) is 2. The SMILES string of the molecule is CCCCCCCCC/C=C/CO[C@@H]1CO[C@@H](CO)[C@H](O)[C@H]1O. The Bertz CT molecular complexity index is 308. The van der Waals surface area contributed by atoms with Crippen molar-refractivity contribution in [3.63, 3.8) is 0 Å². The number of allylic oxidation sites excluding steroid dienone is 1. The van der Waals surface area contributed by atoms with Crippen LogP contribution in [-0.4, -0.2) is 59.6 Å². The van der Waals surface area contributed by atoms with E-state index in [9.17, 15) is 10.2 Å². The third-order valence-corrected chi connectivity index (χ3v) is 4.31. The summed E-state index contributed by atoms with van der Waals surface area (Å²) < 4.78 is 10.8. The Balaban J connectivity index is 2.01. The van der Waals surface area contributed by atoms with E-state index in [4.69, 9.17) is 14.6 Å². The van der Waals surface area contributed by atoms with E-state index < -0.39 is 24.4 Å². The molecule has 0 aromatic heterocycles. The van der Waals surface area contributed by atoms with Crippen LogP contribution < -0.4 is 0 Å². The second kappa shape index (κ2) is 12.9. The molecule has 23 heavy (non-hydrogen) atoms. The van der Waals surface area contributed by atoms with Crippen LogP contribution in [0.5, 0.6) is 0 Å². The summed E-state index contributed by atoms with van der Waals surface area (Å²) in [6.07, 6.45) is 10.9. The molecule has 5 nitrogen and oxygen atoms in total. The maximum atomic E-state index is 9.91. The van der Waals surface area contributed by atoms with E-state index in [0.717, 1.165) is 6.42 Å². The summed E-state index contributed by atoms with van der Waals surface area (Å²) in [6.45, 7) is 2.52. The average molecular weight is 330 g/mol. The van der Waals surface area contributed by atoms with Gasteiger partial charge in [-0.25, -0.2) is 0 Å². The smallest absolute Gasteiger partial charge is 0.111 e. The highest BCUT2D eigenvalue weighted by Crippen LogP contribution is 2.17. The Kier molecular flexibility index (Phi) is 11.5. The molecule has 1 heterocycles. The van der Waals surface area contributed by atoms with Crippen molar-refractivity contribution < 1.29 is 24.8 Å². The maximum absolute atomic E-state index is 9.91. The van der Waals surface area contributed by atoms with Gasteiger partial charge in [0.25, 0.3) is 0 Å². The third-order valence-electron chi connectivity index (χ3n) is 4.31. The standard InChI is InChI=1S/C18H34O5/c1-2-3-4-5-6-7-8-9-10-11-12-22-16-14-23-15(13-19)17(20)18(16)21/h10-11,15-21H,2-9,12-14H2,1H3/b11-10+/t15-,16+,17-,18-/m0/s1. The van der Waals surface area contributed by atoms with Crippen molar-refractivity contribution in [3.8, 4) is 0 Å². The van der Waals surface area contributed by atoms with Gasteiger partial charge in [0, 0.05) is 0 Å². The molecule has 0 unspecified atom stereocenters. The van der Waals surface area contributed by atoms with Gasteiger partial charge in [-0.15, -0.1) is 0 Å². The summed E-state index contributed by atoms with van der Waals surface area (Å²) in [5.41, 5.74) is 0. The van der Waals surface area contributed by atoms with Gasteiger partial charge in [0.05, 0.1) is 19.8 Å². The number of rotatable bonds is 12. The lowest BCUT2D eigenvalue weighted by Crippen LogP contribution is -2.54. The van der Waals surface area contributed by atoms with E-state index in [1.54, 1.807) is 0 Å². The molecule has 1 fully saturated rings. The van der Waals surface area contributed by atoms with Crippen LogP contribution in [0.2, 0.25) is 0 Å². The highest BCUT2D eigenvalue weighted by molar-refractivity contribution is 4.89. The van der Waals surface area contributed by atoms with Gasteiger partial charge in [0.2, 0.25) is 0 Å². The van der Waals surface area contributed by atoms with Crippen LogP contribution in [0.4, 0.5) is 0 Å². The summed E-state index contributed by atoms with van der Waals surface area (Å²) in [7, 11) is 0. The number of aliphatic hydroxyl groups excluding tert-OH is 3. The van der Waals surface area contributed by atoms with Crippen LogP contribution in [-0.2, 0) is 9.47 Å². The fourth-order valence-electron chi connectivity index (χ4n) is 2.75. The predicted molar refractivity (Wildman–Crippen MR) is 90.3 cm³/mol. The topological polar surface area (TPSA) is 79.2 Å². The summed E-state index contributed by atoms with van der Waals surface area (Å²) >= 11 is 0. The lowest BCUT2D eigenvalue weighted by molar-refractivity contribution is -0.205. The zero-order valence-corrected chi connectivity index (χ0v) is 14.4. The summed E-state index contributed by atoms with van der Waals surface area (Å²) in [6, 6.07) is 0. The van der Waals surface area contributed by atoms with E-state index >= 15 is 0 Å². The third kappa shape index (κ3) is 8.27. The van der Waals surface area contributed by atoms with E-state index in [2.05, 4.69) is 13.0 Å². The molecule has 0 radical (unpaired) electrons. The van der Waals surface area contributed by atoms with Crippen molar-refractivity contribution in [3.05, 3.63) is 12.2 Å². The predicted octanol–water partition coefficient (Wildman–Crippen LogP) is 2.18. The zero-order chi connectivity index (χ0) is 16.9. The number of hydrogen-bond acceptors (Lipinski definition) is 5. The normalized spacial score (nSPS) is 28.5. The van der Waals surface area contributed by atoms with Crippen molar-refractivity contribution in [1.29, 1.82) is 0 Å². The molecule has 4 atom stereocenters. The first-order valence-corrected chi connectivity index (χ1v) is 9.05. The molecule has 0 aromatic carbocycles. The van der Waals surface area contributed by atoms with Gasteiger partial charge in [0.1, 0.15) is 24.4 Å². The monoisotopic (exact) mass is 330 g/mol. The van der Waals surface area contributed by atoms with Crippen molar-refractivity contribution in [2.45, 2.75) is 82.7 Å². The van der Waals surface area contributed by atoms with Gasteiger partial charge in [-0.2, -0.15) is 0 Å². The fourth-order valence-corrected chi connectivity index (χ4v) is 2.75. The van der Waals surface area contributed by atoms with Gasteiger partial charge in [-0.05, 0) is 12.8 Å². The van der Waals surface area contributed by atoms with Crippen molar-refractivity contribution >= 4 is 0 Å². The van der Waals surface area contributed by atoms with Gasteiger partial charge in [-0.1, -0.05) is 57.6 Å². The van der Waals surface area contributed by atoms with E-state index in [0.29, 0.717) is 6.61 Å². The minimum atomic E-state index is -1.10. The van der Waals surface area contributed by atoms with Crippen LogP contribution in [0, 0.1) is 0 Å². The first-order valence-electron chi connectivity index (χ1n) is 9.05. The van der Waals surface area contributed by atoms with Crippen LogP contribution in [0.15, 0.2) is 12.2 Å². The zero-order valence-electron chi connectivity index (χ0n) is 14.4. The Morgan fingerprint density at radius 2 is 1.70 bits per heavy atom. The molecular formula is C18H34O5.